The Morgan fingerprint density at radius 3 is 2.50 bits per heavy atom. The standard InChI is InChI=1S/C16H20N2O3S/c19-16(11-13-5-10-22(20,21)12-13)18-8-3-15(4-9-18)14-1-6-17-7-2-14/h1-2,5-7,10,13,15H,3-4,8-9,11-12H2/t13-/m0/s1. The van der Waals surface area contributed by atoms with E-state index >= 15 is 0 Å². The zero-order valence-electron chi connectivity index (χ0n) is 12.4. The van der Waals surface area contributed by atoms with Gasteiger partial charge in [0.1, 0.15) is 0 Å². The third kappa shape index (κ3) is 3.55. The molecule has 0 unspecified atom stereocenters. The molecule has 1 aromatic heterocycles. The SMILES string of the molecule is O=C(C[C@@H]1C=CS(=O)(=O)C1)N1CCC(c2ccncc2)CC1. The Bertz CT molecular complexity index is 662. The van der Waals surface area contributed by atoms with Crippen molar-refractivity contribution in [3.63, 3.8) is 0 Å². The first-order valence-corrected chi connectivity index (χ1v) is 9.34. The van der Waals surface area contributed by atoms with Gasteiger partial charge in [0.05, 0.1) is 5.75 Å². The van der Waals surface area contributed by atoms with Gasteiger partial charge in [-0.25, -0.2) is 8.42 Å². The van der Waals surface area contributed by atoms with Gasteiger partial charge in [-0.05, 0) is 36.5 Å². The first kappa shape index (κ1) is 15.2. The molecule has 1 atom stereocenters. The quantitative estimate of drug-likeness (QED) is 0.851. The van der Waals surface area contributed by atoms with Crippen molar-refractivity contribution in [1.82, 2.24) is 9.88 Å². The molecule has 3 heterocycles. The van der Waals surface area contributed by atoms with E-state index < -0.39 is 9.84 Å². The Kier molecular flexibility index (Phi) is 4.29. The summed E-state index contributed by atoms with van der Waals surface area (Å²) in [6, 6.07) is 4.08. The van der Waals surface area contributed by atoms with Crippen LogP contribution in [0.3, 0.4) is 0 Å². The molecule has 2 aliphatic heterocycles. The molecule has 1 fully saturated rings. The minimum atomic E-state index is -3.07. The van der Waals surface area contributed by atoms with Gasteiger partial charge in [-0.3, -0.25) is 9.78 Å². The number of aromatic nitrogens is 1. The maximum atomic E-state index is 12.3. The minimum absolute atomic E-state index is 0.0694. The van der Waals surface area contributed by atoms with Gasteiger partial charge in [0.15, 0.2) is 9.84 Å². The van der Waals surface area contributed by atoms with Crippen LogP contribution >= 0.6 is 0 Å². The van der Waals surface area contributed by atoms with Crippen LogP contribution in [-0.2, 0) is 14.6 Å². The summed E-state index contributed by atoms with van der Waals surface area (Å²) >= 11 is 0. The summed E-state index contributed by atoms with van der Waals surface area (Å²) in [5, 5.41) is 1.24. The summed E-state index contributed by atoms with van der Waals surface area (Å²) in [5.74, 6) is 0.473. The molecular formula is C16H20N2O3S. The number of rotatable bonds is 3. The Labute approximate surface area is 131 Å². The molecule has 0 N–H and O–H groups in total. The Balaban J connectivity index is 1.51. The molecule has 1 saturated heterocycles. The number of hydrogen-bond donors (Lipinski definition) is 0. The van der Waals surface area contributed by atoms with E-state index in [-0.39, 0.29) is 17.6 Å². The molecule has 0 aromatic carbocycles. The van der Waals surface area contributed by atoms with E-state index in [0.29, 0.717) is 12.3 Å². The van der Waals surface area contributed by atoms with Crippen molar-refractivity contribution in [1.29, 1.82) is 0 Å². The molecule has 22 heavy (non-hydrogen) atoms. The topological polar surface area (TPSA) is 67.3 Å². The smallest absolute Gasteiger partial charge is 0.223 e. The maximum Gasteiger partial charge on any atom is 0.223 e. The number of pyridine rings is 1. The molecule has 1 aromatic rings. The predicted molar refractivity (Wildman–Crippen MR) is 83.8 cm³/mol. The van der Waals surface area contributed by atoms with E-state index in [1.165, 1.54) is 11.0 Å². The van der Waals surface area contributed by atoms with Gasteiger partial charge in [0, 0.05) is 43.2 Å². The fourth-order valence-corrected chi connectivity index (χ4v) is 4.62. The Morgan fingerprint density at radius 1 is 1.23 bits per heavy atom. The lowest BCUT2D eigenvalue weighted by Gasteiger charge is -2.32. The van der Waals surface area contributed by atoms with E-state index in [0.717, 1.165) is 25.9 Å². The van der Waals surface area contributed by atoms with Crippen LogP contribution in [0.1, 0.15) is 30.7 Å². The number of carbonyl (C=O) groups excluding carboxylic acids is 1. The monoisotopic (exact) mass is 320 g/mol. The molecule has 0 aliphatic carbocycles. The third-order valence-corrected chi connectivity index (χ3v) is 5.93. The summed E-state index contributed by atoms with van der Waals surface area (Å²) in [7, 11) is -3.07. The second kappa shape index (κ2) is 6.20. The van der Waals surface area contributed by atoms with Gasteiger partial charge in [0.25, 0.3) is 0 Å². The second-order valence-corrected chi connectivity index (χ2v) is 7.99. The van der Waals surface area contributed by atoms with Crippen molar-refractivity contribution in [3.8, 4) is 0 Å². The first-order chi connectivity index (χ1) is 10.5. The normalized spacial score (nSPS) is 24.5. The van der Waals surface area contributed by atoms with Crippen LogP contribution in [0.25, 0.3) is 0 Å². The van der Waals surface area contributed by atoms with Gasteiger partial charge in [-0.1, -0.05) is 6.08 Å². The molecule has 118 valence electrons. The van der Waals surface area contributed by atoms with Gasteiger partial charge >= 0.3 is 0 Å². The molecule has 6 heteroatoms. The van der Waals surface area contributed by atoms with Gasteiger partial charge < -0.3 is 4.90 Å². The van der Waals surface area contributed by atoms with Crippen molar-refractivity contribution < 1.29 is 13.2 Å². The highest BCUT2D eigenvalue weighted by Gasteiger charge is 2.28. The van der Waals surface area contributed by atoms with Crippen LogP contribution in [0, 0.1) is 5.92 Å². The lowest BCUT2D eigenvalue weighted by atomic mass is 9.90. The van der Waals surface area contributed by atoms with Crippen molar-refractivity contribution in [3.05, 3.63) is 41.6 Å². The van der Waals surface area contributed by atoms with E-state index in [4.69, 9.17) is 0 Å². The van der Waals surface area contributed by atoms with E-state index in [1.54, 1.807) is 18.5 Å². The van der Waals surface area contributed by atoms with Crippen LogP contribution in [0.4, 0.5) is 0 Å². The highest BCUT2D eigenvalue weighted by molar-refractivity contribution is 7.94. The number of amides is 1. The van der Waals surface area contributed by atoms with Crippen molar-refractivity contribution in [2.24, 2.45) is 5.92 Å². The summed E-state index contributed by atoms with van der Waals surface area (Å²) in [4.78, 5) is 18.2. The van der Waals surface area contributed by atoms with Crippen molar-refractivity contribution in [2.45, 2.75) is 25.2 Å². The lowest BCUT2D eigenvalue weighted by Crippen LogP contribution is -2.38. The van der Waals surface area contributed by atoms with Crippen LogP contribution in [0.5, 0.6) is 0 Å². The van der Waals surface area contributed by atoms with E-state index in [2.05, 4.69) is 4.98 Å². The molecule has 0 radical (unpaired) electrons. The van der Waals surface area contributed by atoms with Crippen LogP contribution in [0.15, 0.2) is 36.0 Å². The Hall–Kier alpha value is -1.69. The highest BCUT2D eigenvalue weighted by Crippen LogP contribution is 2.28. The highest BCUT2D eigenvalue weighted by atomic mass is 32.2. The van der Waals surface area contributed by atoms with Crippen molar-refractivity contribution in [2.75, 3.05) is 18.8 Å². The molecule has 2 aliphatic rings. The first-order valence-electron chi connectivity index (χ1n) is 7.62. The zero-order chi connectivity index (χ0) is 15.6. The number of carbonyl (C=O) groups is 1. The number of piperidine rings is 1. The molecule has 0 bridgehead atoms. The number of allylic oxidation sites excluding steroid dienone is 1. The summed E-state index contributed by atoms with van der Waals surface area (Å²) in [6.07, 6.45) is 7.47. The average molecular weight is 320 g/mol. The molecule has 0 spiro atoms. The lowest BCUT2D eigenvalue weighted by molar-refractivity contribution is -0.132. The summed E-state index contributed by atoms with van der Waals surface area (Å²) in [6.45, 7) is 1.49. The van der Waals surface area contributed by atoms with Crippen molar-refractivity contribution >= 4 is 15.7 Å². The average Bonchev–Trinajstić information content (AvgIpc) is 2.87. The maximum absolute atomic E-state index is 12.3. The largest absolute Gasteiger partial charge is 0.343 e. The number of sulfone groups is 1. The van der Waals surface area contributed by atoms with Crippen LogP contribution in [-0.4, -0.2) is 43.1 Å². The molecule has 3 rings (SSSR count). The van der Waals surface area contributed by atoms with E-state index in [1.807, 2.05) is 17.0 Å². The zero-order valence-corrected chi connectivity index (χ0v) is 13.2. The van der Waals surface area contributed by atoms with Gasteiger partial charge in [-0.2, -0.15) is 0 Å². The van der Waals surface area contributed by atoms with Crippen LogP contribution < -0.4 is 0 Å². The van der Waals surface area contributed by atoms with Gasteiger partial charge in [-0.15, -0.1) is 0 Å². The second-order valence-electron chi connectivity index (χ2n) is 6.06. The van der Waals surface area contributed by atoms with E-state index in [9.17, 15) is 13.2 Å². The Morgan fingerprint density at radius 2 is 1.91 bits per heavy atom. The summed E-state index contributed by atoms with van der Waals surface area (Å²) < 4.78 is 22.8. The molecule has 0 saturated carbocycles. The number of likely N-dealkylation sites (tertiary alicyclic amines) is 1. The fourth-order valence-electron chi connectivity index (χ4n) is 3.22. The molecular weight excluding hydrogens is 300 g/mol. The van der Waals surface area contributed by atoms with Crippen LogP contribution in [0.2, 0.25) is 0 Å². The van der Waals surface area contributed by atoms with Gasteiger partial charge in [0.2, 0.25) is 5.91 Å². The number of hydrogen-bond acceptors (Lipinski definition) is 4. The predicted octanol–water partition coefficient (Wildman–Crippen LogP) is 1.74. The molecule has 1 amide bonds. The molecule has 5 nitrogen and oxygen atoms in total. The third-order valence-electron chi connectivity index (χ3n) is 4.47. The minimum Gasteiger partial charge on any atom is -0.343 e. The fraction of sp³-hybridized carbons (Fsp3) is 0.500. The summed E-state index contributed by atoms with van der Waals surface area (Å²) in [5.41, 5.74) is 1.28. The number of nitrogens with zero attached hydrogens (tertiary/aromatic N) is 2.